The van der Waals surface area contributed by atoms with Crippen molar-refractivity contribution >= 4 is 31.6 Å². The van der Waals surface area contributed by atoms with Crippen LogP contribution < -0.4 is 15.2 Å². The number of hydrogen-bond donors (Lipinski definition) is 2. The van der Waals surface area contributed by atoms with E-state index in [1.807, 2.05) is 0 Å². The third-order valence-corrected chi connectivity index (χ3v) is 5.52. The number of ether oxygens (including phenoxy) is 1. The number of hydrogen-bond acceptors (Lipinski definition) is 4. The van der Waals surface area contributed by atoms with Gasteiger partial charge in [0.1, 0.15) is 10.6 Å². The Bertz CT molecular complexity index is 586. The molecule has 0 bridgehead atoms. The van der Waals surface area contributed by atoms with Gasteiger partial charge in [0.2, 0.25) is 10.0 Å². The van der Waals surface area contributed by atoms with Crippen LogP contribution in [0.3, 0.4) is 0 Å². The number of rotatable bonds is 7. The van der Waals surface area contributed by atoms with Gasteiger partial charge in [0.25, 0.3) is 0 Å². The van der Waals surface area contributed by atoms with Gasteiger partial charge in [0.15, 0.2) is 0 Å². The van der Waals surface area contributed by atoms with Crippen LogP contribution in [0.4, 0.5) is 5.69 Å². The average molecular weight is 363 g/mol. The molecule has 0 radical (unpaired) electrons. The fraction of sp³-hybridized carbons (Fsp3) is 0.538. The second kappa shape index (κ2) is 6.32. The van der Waals surface area contributed by atoms with Gasteiger partial charge in [0, 0.05) is 16.7 Å². The van der Waals surface area contributed by atoms with Gasteiger partial charge in [-0.15, -0.1) is 0 Å². The first-order chi connectivity index (χ1) is 9.44. The van der Waals surface area contributed by atoms with Gasteiger partial charge in [-0.3, -0.25) is 0 Å². The molecule has 1 aromatic carbocycles. The summed E-state index contributed by atoms with van der Waals surface area (Å²) < 4.78 is 32.9. The summed E-state index contributed by atoms with van der Waals surface area (Å²) in [5.74, 6) is 1.08. The maximum absolute atomic E-state index is 12.3. The van der Waals surface area contributed by atoms with Gasteiger partial charge >= 0.3 is 0 Å². The van der Waals surface area contributed by atoms with E-state index in [9.17, 15) is 8.42 Å². The molecular weight excluding hydrogens is 344 g/mol. The molecule has 112 valence electrons. The van der Waals surface area contributed by atoms with Gasteiger partial charge in [0.05, 0.1) is 7.11 Å². The second-order valence-electron chi connectivity index (χ2n) is 5.01. The summed E-state index contributed by atoms with van der Waals surface area (Å²) in [4.78, 5) is 0.0760. The Morgan fingerprint density at radius 3 is 2.75 bits per heavy atom. The Morgan fingerprint density at radius 1 is 1.45 bits per heavy atom. The van der Waals surface area contributed by atoms with Crippen LogP contribution in [0.1, 0.15) is 25.7 Å². The molecule has 1 aromatic rings. The number of anilines is 1. The molecule has 20 heavy (non-hydrogen) atoms. The van der Waals surface area contributed by atoms with Crippen LogP contribution in [-0.4, -0.2) is 22.1 Å². The van der Waals surface area contributed by atoms with E-state index in [1.165, 1.54) is 26.0 Å². The molecule has 1 aliphatic carbocycles. The van der Waals surface area contributed by atoms with Crippen molar-refractivity contribution in [2.24, 2.45) is 5.92 Å². The number of sulfonamides is 1. The van der Waals surface area contributed by atoms with Crippen LogP contribution in [0, 0.1) is 5.92 Å². The highest BCUT2D eigenvalue weighted by molar-refractivity contribution is 9.10. The lowest BCUT2D eigenvalue weighted by Crippen LogP contribution is -2.25. The zero-order chi connectivity index (χ0) is 14.8. The quantitative estimate of drug-likeness (QED) is 0.576. The first-order valence-corrected chi connectivity index (χ1v) is 8.84. The number of nitrogen functional groups attached to an aromatic ring is 1. The van der Waals surface area contributed by atoms with E-state index in [1.54, 1.807) is 6.07 Å². The lowest BCUT2D eigenvalue weighted by Gasteiger charge is -2.12. The minimum atomic E-state index is -3.60. The summed E-state index contributed by atoms with van der Waals surface area (Å²) in [5, 5.41) is 0. The zero-order valence-corrected chi connectivity index (χ0v) is 13.8. The van der Waals surface area contributed by atoms with Crippen LogP contribution in [0.5, 0.6) is 5.75 Å². The van der Waals surface area contributed by atoms with Crippen molar-refractivity contribution in [1.29, 1.82) is 0 Å². The fourth-order valence-corrected chi connectivity index (χ4v) is 3.58. The first-order valence-electron chi connectivity index (χ1n) is 6.56. The predicted octanol–water partition coefficient (Wildman–Crippen LogP) is 2.51. The number of methoxy groups -OCH3 is 1. The number of nitrogens with one attached hydrogen (secondary N) is 1. The summed E-state index contributed by atoms with van der Waals surface area (Å²) in [6.07, 6.45) is 4.51. The molecule has 0 saturated heterocycles. The van der Waals surface area contributed by atoms with E-state index in [2.05, 4.69) is 20.7 Å². The predicted molar refractivity (Wildman–Crippen MR) is 82.3 cm³/mol. The normalized spacial score (nSPS) is 15.3. The van der Waals surface area contributed by atoms with Crippen LogP contribution in [0.2, 0.25) is 0 Å². The lowest BCUT2D eigenvalue weighted by molar-refractivity contribution is 0.402. The number of nitrogens with two attached hydrogens (primary N) is 1. The maximum Gasteiger partial charge on any atom is 0.244 e. The molecular formula is C13H19BrN2O3S. The van der Waals surface area contributed by atoms with Gasteiger partial charge in [-0.25, -0.2) is 13.1 Å². The van der Waals surface area contributed by atoms with Gasteiger partial charge in [-0.05, 0) is 46.8 Å². The highest BCUT2D eigenvalue weighted by Crippen LogP contribution is 2.34. The van der Waals surface area contributed by atoms with Crippen LogP contribution >= 0.6 is 15.9 Å². The SMILES string of the molecule is COc1cc(Br)c(N)cc1S(=O)(=O)NCCCC1CC1. The molecule has 7 heteroatoms. The van der Waals surface area contributed by atoms with E-state index in [0.29, 0.717) is 16.7 Å². The van der Waals surface area contributed by atoms with Crippen molar-refractivity contribution in [2.75, 3.05) is 19.4 Å². The largest absolute Gasteiger partial charge is 0.495 e. The summed E-state index contributed by atoms with van der Waals surface area (Å²) in [6, 6.07) is 2.97. The third kappa shape index (κ3) is 3.86. The molecule has 0 unspecified atom stereocenters. The minimum absolute atomic E-state index is 0.0760. The average Bonchev–Trinajstić information content (AvgIpc) is 3.21. The molecule has 1 aliphatic rings. The zero-order valence-electron chi connectivity index (χ0n) is 11.4. The molecule has 0 atom stereocenters. The Kier molecular flexibility index (Phi) is 4.93. The summed E-state index contributed by atoms with van der Waals surface area (Å²) in [6.45, 7) is 0.442. The van der Waals surface area contributed by atoms with Gasteiger partial charge < -0.3 is 10.5 Å². The molecule has 3 N–H and O–H groups in total. The highest BCUT2D eigenvalue weighted by atomic mass is 79.9. The van der Waals surface area contributed by atoms with E-state index >= 15 is 0 Å². The van der Waals surface area contributed by atoms with Crippen molar-refractivity contribution < 1.29 is 13.2 Å². The van der Waals surface area contributed by atoms with Gasteiger partial charge in [-0.2, -0.15) is 0 Å². The molecule has 0 spiro atoms. The molecule has 5 nitrogen and oxygen atoms in total. The Balaban J connectivity index is 2.08. The number of benzene rings is 1. The minimum Gasteiger partial charge on any atom is -0.495 e. The van der Waals surface area contributed by atoms with Crippen molar-refractivity contribution in [3.8, 4) is 5.75 Å². The summed E-state index contributed by atoms with van der Waals surface area (Å²) in [7, 11) is -2.16. The molecule has 2 rings (SSSR count). The van der Waals surface area contributed by atoms with Crippen molar-refractivity contribution in [3.63, 3.8) is 0 Å². The van der Waals surface area contributed by atoms with E-state index in [0.717, 1.165) is 18.8 Å². The molecule has 0 heterocycles. The molecule has 1 fully saturated rings. The van der Waals surface area contributed by atoms with Crippen LogP contribution in [0.25, 0.3) is 0 Å². The molecule has 0 amide bonds. The highest BCUT2D eigenvalue weighted by Gasteiger charge is 2.23. The third-order valence-electron chi connectivity index (χ3n) is 3.35. The summed E-state index contributed by atoms with van der Waals surface area (Å²) >= 11 is 3.25. The van der Waals surface area contributed by atoms with Crippen LogP contribution in [0.15, 0.2) is 21.5 Å². The van der Waals surface area contributed by atoms with Crippen molar-refractivity contribution in [1.82, 2.24) is 4.72 Å². The smallest absolute Gasteiger partial charge is 0.244 e. The Hall–Kier alpha value is -0.790. The molecule has 1 saturated carbocycles. The van der Waals surface area contributed by atoms with E-state index < -0.39 is 10.0 Å². The Morgan fingerprint density at radius 2 is 2.15 bits per heavy atom. The standard InChI is InChI=1S/C13H19BrN2O3S/c1-19-12-7-10(14)11(15)8-13(12)20(17,18)16-6-2-3-9-4-5-9/h7-9,16H,2-6,15H2,1H3. The topological polar surface area (TPSA) is 81.4 Å². The summed E-state index contributed by atoms with van der Waals surface area (Å²) in [5.41, 5.74) is 6.11. The number of halogens is 1. The second-order valence-corrected chi connectivity index (χ2v) is 7.60. The first kappa shape index (κ1) is 15.6. The molecule has 0 aromatic heterocycles. The van der Waals surface area contributed by atoms with Crippen LogP contribution in [-0.2, 0) is 10.0 Å². The lowest BCUT2D eigenvalue weighted by atomic mass is 10.2. The maximum atomic E-state index is 12.3. The van der Waals surface area contributed by atoms with Gasteiger partial charge in [-0.1, -0.05) is 12.8 Å². The van der Waals surface area contributed by atoms with E-state index in [4.69, 9.17) is 10.5 Å². The monoisotopic (exact) mass is 362 g/mol. The van der Waals surface area contributed by atoms with E-state index in [-0.39, 0.29) is 10.6 Å². The van der Waals surface area contributed by atoms with Crippen molar-refractivity contribution in [3.05, 3.63) is 16.6 Å². The fourth-order valence-electron chi connectivity index (χ4n) is 2.00. The molecule has 0 aliphatic heterocycles. The van der Waals surface area contributed by atoms with Crippen molar-refractivity contribution in [2.45, 2.75) is 30.6 Å². The Labute approximate surface area is 128 Å².